The highest BCUT2D eigenvalue weighted by Crippen LogP contribution is 2.32. The van der Waals surface area contributed by atoms with Crippen LogP contribution in [0.1, 0.15) is 15.9 Å². The molecule has 0 atom stereocenters. The number of carbonyl (C=O) groups excluding carboxylic acids is 1. The summed E-state index contributed by atoms with van der Waals surface area (Å²) in [6.07, 6.45) is 1.45. The van der Waals surface area contributed by atoms with Gasteiger partial charge in [-0.05, 0) is 35.9 Å². The molecule has 2 aromatic carbocycles. The van der Waals surface area contributed by atoms with Crippen molar-refractivity contribution in [1.29, 1.82) is 0 Å². The minimum absolute atomic E-state index is 0.137. The van der Waals surface area contributed by atoms with Gasteiger partial charge in [-0.1, -0.05) is 17.7 Å². The number of anilines is 1. The number of hydrogen-bond donors (Lipinski definition) is 1. The molecule has 0 bridgehead atoms. The van der Waals surface area contributed by atoms with Gasteiger partial charge in [0.05, 0.1) is 6.54 Å². The molecule has 4 rings (SSSR count). The summed E-state index contributed by atoms with van der Waals surface area (Å²) in [4.78, 5) is 16.4. The average Bonchev–Trinajstić information content (AvgIpc) is 3.25. The fourth-order valence-electron chi connectivity index (χ4n) is 2.46. The molecule has 9 heteroatoms. The van der Waals surface area contributed by atoms with Crippen molar-refractivity contribution in [2.24, 2.45) is 0 Å². The normalized spacial score (nSPS) is 12.2. The highest BCUT2D eigenvalue weighted by molar-refractivity contribution is 6.31. The third-order valence-corrected chi connectivity index (χ3v) is 4.10. The first kappa shape index (κ1) is 16.3. The molecule has 0 radical (unpaired) electrons. The second-order valence-electron chi connectivity index (χ2n) is 5.52. The van der Waals surface area contributed by atoms with Gasteiger partial charge in [0.1, 0.15) is 12.1 Å². The SMILES string of the molecule is O=C(Nc1ncn(Cc2ccc(F)cc2Cl)n1)c1ccc2c(c1)OCO2. The second-order valence-corrected chi connectivity index (χ2v) is 5.93. The zero-order chi connectivity index (χ0) is 18.1. The van der Waals surface area contributed by atoms with Crippen molar-refractivity contribution in [3.63, 3.8) is 0 Å². The standard InChI is InChI=1S/C17H12ClFN4O3/c18-13-6-12(19)3-1-11(13)7-23-8-20-17(22-23)21-16(24)10-2-4-14-15(5-10)26-9-25-14/h1-6,8H,7,9H2,(H,21,22,24). The van der Waals surface area contributed by atoms with Crippen LogP contribution in [0.5, 0.6) is 11.5 Å². The van der Waals surface area contributed by atoms with E-state index in [-0.39, 0.29) is 18.6 Å². The van der Waals surface area contributed by atoms with Gasteiger partial charge in [-0.2, -0.15) is 0 Å². The monoisotopic (exact) mass is 374 g/mol. The van der Waals surface area contributed by atoms with Crippen molar-refractivity contribution in [3.05, 3.63) is 64.7 Å². The smallest absolute Gasteiger partial charge is 0.258 e. The molecule has 1 N–H and O–H groups in total. The van der Waals surface area contributed by atoms with E-state index in [1.165, 1.54) is 23.1 Å². The number of nitrogens with zero attached hydrogens (tertiary/aromatic N) is 3. The maximum Gasteiger partial charge on any atom is 0.258 e. The summed E-state index contributed by atoms with van der Waals surface area (Å²) in [6, 6.07) is 9.01. The molecule has 1 aliphatic heterocycles. The Morgan fingerprint density at radius 1 is 1.23 bits per heavy atom. The molecule has 1 amide bonds. The largest absolute Gasteiger partial charge is 0.454 e. The van der Waals surface area contributed by atoms with E-state index in [1.807, 2.05) is 0 Å². The second kappa shape index (κ2) is 6.64. The Hall–Kier alpha value is -3.13. The molecule has 0 spiro atoms. The molecule has 0 fully saturated rings. The van der Waals surface area contributed by atoms with Crippen molar-refractivity contribution < 1.29 is 18.7 Å². The van der Waals surface area contributed by atoms with E-state index in [4.69, 9.17) is 21.1 Å². The fraction of sp³-hybridized carbons (Fsp3) is 0.118. The molecule has 0 saturated carbocycles. The van der Waals surface area contributed by atoms with Crippen LogP contribution in [0.15, 0.2) is 42.7 Å². The summed E-state index contributed by atoms with van der Waals surface area (Å²) in [5, 5.41) is 7.08. The van der Waals surface area contributed by atoms with Crippen molar-refractivity contribution in [3.8, 4) is 11.5 Å². The van der Waals surface area contributed by atoms with Crippen LogP contribution in [0.3, 0.4) is 0 Å². The van der Waals surface area contributed by atoms with Gasteiger partial charge >= 0.3 is 0 Å². The van der Waals surface area contributed by atoms with Crippen LogP contribution in [0.25, 0.3) is 0 Å². The minimum atomic E-state index is -0.408. The topological polar surface area (TPSA) is 78.3 Å². The summed E-state index contributed by atoms with van der Waals surface area (Å²) in [5.74, 6) is 0.475. The first-order valence-corrected chi connectivity index (χ1v) is 8.01. The van der Waals surface area contributed by atoms with Crippen LogP contribution in [-0.4, -0.2) is 27.5 Å². The number of ether oxygens (including phenoxy) is 2. The van der Waals surface area contributed by atoms with E-state index in [0.717, 1.165) is 0 Å². The van der Waals surface area contributed by atoms with Gasteiger partial charge < -0.3 is 9.47 Å². The number of carbonyl (C=O) groups is 1. The first-order valence-electron chi connectivity index (χ1n) is 7.63. The lowest BCUT2D eigenvalue weighted by molar-refractivity contribution is 0.102. The van der Waals surface area contributed by atoms with Crippen molar-refractivity contribution >= 4 is 23.5 Å². The first-order chi connectivity index (χ1) is 12.6. The Kier molecular flexibility index (Phi) is 4.18. The molecule has 1 aliphatic rings. The summed E-state index contributed by atoms with van der Waals surface area (Å²) in [7, 11) is 0. The molecule has 0 unspecified atom stereocenters. The summed E-state index contributed by atoms with van der Waals surface area (Å²) in [6.45, 7) is 0.435. The van der Waals surface area contributed by atoms with E-state index >= 15 is 0 Å². The lowest BCUT2D eigenvalue weighted by Gasteiger charge is -2.04. The molecule has 0 aliphatic carbocycles. The van der Waals surface area contributed by atoms with E-state index in [2.05, 4.69) is 15.4 Å². The summed E-state index contributed by atoms with van der Waals surface area (Å²) in [5.41, 5.74) is 1.08. The number of halogens is 2. The highest BCUT2D eigenvalue weighted by atomic mass is 35.5. The van der Waals surface area contributed by atoms with E-state index < -0.39 is 5.82 Å². The fourth-order valence-corrected chi connectivity index (χ4v) is 2.69. The predicted molar refractivity (Wildman–Crippen MR) is 91.1 cm³/mol. The molecular formula is C17H12ClFN4O3. The molecule has 2 heterocycles. The van der Waals surface area contributed by atoms with Crippen LogP contribution in [0.4, 0.5) is 10.3 Å². The number of hydrogen-bond acceptors (Lipinski definition) is 5. The van der Waals surface area contributed by atoms with Crippen LogP contribution in [0, 0.1) is 5.82 Å². The minimum Gasteiger partial charge on any atom is -0.454 e. The average molecular weight is 375 g/mol. The number of nitrogens with one attached hydrogen (secondary N) is 1. The summed E-state index contributed by atoms with van der Waals surface area (Å²) < 4.78 is 25.1. The Balaban J connectivity index is 1.45. The molecule has 1 aromatic heterocycles. The van der Waals surface area contributed by atoms with Crippen LogP contribution < -0.4 is 14.8 Å². The Bertz CT molecular complexity index is 992. The number of amides is 1. The molecule has 132 valence electrons. The van der Waals surface area contributed by atoms with Crippen LogP contribution in [-0.2, 0) is 6.54 Å². The van der Waals surface area contributed by atoms with Gasteiger partial charge in [0, 0.05) is 10.6 Å². The van der Waals surface area contributed by atoms with E-state index in [9.17, 15) is 9.18 Å². The van der Waals surface area contributed by atoms with Crippen LogP contribution >= 0.6 is 11.6 Å². The van der Waals surface area contributed by atoms with Gasteiger partial charge in [-0.25, -0.2) is 14.1 Å². The van der Waals surface area contributed by atoms with Gasteiger partial charge in [0.25, 0.3) is 5.91 Å². The lowest BCUT2D eigenvalue weighted by atomic mass is 10.2. The van der Waals surface area contributed by atoms with Crippen molar-refractivity contribution in [1.82, 2.24) is 14.8 Å². The Labute approximate surface area is 152 Å². The Morgan fingerprint density at radius 2 is 2.08 bits per heavy atom. The summed E-state index contributed by atoms with van der Waals surface area (Å²) >= 11 is 6.00. The highest BCUT2D eigenvalue weighted by Gasteiger charge is 2.17. The van der Waals surface area contributed by atoms with Gasteiger partial charge in [-0.15, -0.1) is 5.10 Å². The number of rotatable bonds is 4. The number of aromatic nitrogens is 3. The zero-order valence-corrected chi connectivity index (χ0v) is 14.0. The maximum absolute atomic E-state index is 13.1. The van der Waals surface area contributed by atoms with E-state index in [1.54, 1.807) is 24.3 Å². The zero-order valence-electron chi connectivity index (χ0n) is 13.3. The van der Waals surface area contributed by atoms with Crippen molar-refractivity contribution in [2.45, 2.75) is 6.54 Å². The molecule has 0 saturated heterocycles. The maximum atomic E-state index is 13.1. The third-order valence-electron chi connectivity index (χ3n) is 3.74. The van der Waals surface area contributed by atoms with Crippen molar-refractivity contribution in [2.75, 3.05) is 12.1 Å². The Morgan fingerprint density at radius 3 is 2.92 bits per heavy atom. The predicted octanol–water partition coefficient (Wildman–Crippen LogP) is 3.10. The van der Waals surface area contributed by atoms with Gasteiger partial charge in [0.15, 0.2) is 11.5 Å². The molecular weight excluding hydrogens is 363 g/mol. The third kappa shape index (κ3) is 3.31. The molecule has 7 nitrogen and oxygen atoms in total. The lowest BCUT2D eigenvalue weighted by Crippen LogP contribution is -2.13. The quantitative estimate of drug-likeness (QED) is 0.759. The van der Waals surface area contributed by atoms with Gasteiger partial charge in [0.2, 0.25) is 12.7 Å². The molecule has 26 heavy (non-hydrogen) atoms. The van der Waals surface area contributed by atoms with E-state index in [0.29, 0.717) is 34.2 Å². The van der Waals surface area contributed by atoms with Crippen LogP contribution in [0.2, 0.25) is 5.02 Å². The molecule has 3 aromatic rings. The number of benzene rings is 2. The van der Waals surface area contributed by atoms with Gasteiger partial charge in [-0.3, -0.25) is 10.1 Å². The number of fused-ring (bicyclic) bond motifs is 1.